The number of ether oxygens (including phenoxy) is 1. The number of hydrogen-bond donors (Lipinski definition) is 2. The molecule has 3 N–H and O–H groups in total. The molecule has 0 saturated carbocycles. The summed E-state index contributed by atoms with van der Waals surface area (Å²) in [6.07, 6.45) is 6.06. The molecule has 0 aliphatic carbocycles. The fourth-order valence-electron chi connectivity index (χ4n) is 2.49. The summed E-state index contributed by atoms with van der Waals surface area (Å²) in [5.74, 6) is 6.28. The Labute approximate surface area is 109 Å². The van der Waals surface area contributed by atoms with Crippen LogP contribution in [0, 0.1) is 5.92 Å². The van der Waals surface area contributed by atoms with Gasteiger partial charge in [0.25, 0.3) is 0 Å². The summed E-state index contributed by atoms with van der Waals surface area (Å²) in [6, 6.07) is 4.57. The maximum atomic E-state index is 5.69. The highest BCUT2D eigenvalue weighted by molar-refractivity contribution is 5.14. The Balaban J connectivity index is 1.95. The third-order valence-corrected chi connectivity index (χ3v) is 3.77. The van der Waals surface area contributed by atoms with Gasteiger partial charge >= 0.3 is 0 Å². The molecule has 1 aromatic rings. The average Bonchev–Trinajstić information content (AvgIpc) is 2.46. The fraction of sp³-hybridized carbons (Fsp3) is 0.643. The number of hydrazine groups is 1. The number of nitrogens with one attached hydrogen (secondary N) is 1. The van der Waals surface area contributed by atoms with Crippen LogP contribution in [-0.4, -0.2) is 24.2 Å². The third-order valence-electron chi connectivity index (χ3n) is 3.77. The Kier molecular flexibility index (Phi) is 5.11. The number of aryl methyl sites for hydroxylation is 1. The minimum atomic E-state index is 0.300. The van der Waals surface area contributed by atoms with Crippen LogP contribution in [0.15, 0.2) is 18.3 Å². The second-order valence-electron chi connectivity index (χ2n) is 4.94. The van der Waals surface area contributed by atoms with Crippen molar-refractivity contribution in [3.8, 4) is 0 Å². The molecule has 4 nitrogen and oxygen atoms in total. The van der Waals surface area contributed by atoms with E-state index in [9.17, 15) is 0 Å². The van der Waals surface area contributed by atoms with E-state index in [1.165, 1.54) is 5.56 Å². The van der Waals surface area contributed by atoms with Crippen LogP contribution in [0.25, 0.3) is 0 Å². The van der Waals surface area contributed by atoms with Crippen LogP contribution in [0.1, 0.15) is 31.0 Å². The van der Waals surface area contributed by atoms with Gasteiger partial charge in [0.15, 0.2) is 0 Å². The summed E-state index contributed by atoms with van der Waals surface area (Å²) >= 11 is 0. The first-order chi connectivity index (χ1) is 8.83. The molecule has 1 aliphatic heterocycles. The average molecular weight is 249 g/mol. The number of aromatic nitrogens is 1. The molecular formula is C14H23N3O. The highest BCUT2D eigenvalue weighted by Crippen LogP contribution is 2.20. The smallest absolute Gasteiger partial charge is 0.0469 e. The minimum Gasteiger partial charge on any atom is -0.381 e. The molecular weight excluding hydrogens is 226 g/mol. The lowest BCUT2D eigenvalue weighted by atomic mass is 9.89. The van der Waals surface area contributed by atoms with Crippen molar-refractivity contribution < 1.29 is 4.74 Å². The normalized spacial score (nSPS) is 18.8. The molecule has 0 aromatic carbocycles. The summed E-state index contributed by atoms with van der Waals surface area (Å²) in [6.45, 7) is 3.85. The van der Waals surface area contributed by atoms with E-state index in [0.29, 0.717) is 12.0 Å². The van der Waals surface area contributed by atoms with E-state index in [-0.39, 0.29) is 0 Å². The molecule has 2 heterocycles. The maximum absolute atomic E-state index is 5.69. The van der Waals surface area contributed by atoms with E-state index in [1.54, 1.807) is 0 Å². The zero-order chi connectivity index (χ0) is 12.8. The Hall–Kier alpha value is -0.970. The van der Waals surface area contributed by atoms with Crippen molar-refractivity contribution in [2.45, 2.75) is 38.6 Å². The van der Waals surface area contributed by atoms with Crippen LogP contribution in [0.3, 0.4) is 0 Å². The summed E-state index contributed by atoms with van der Waals surface area (Å²) in [5.41, 5.74) is 5.35. The van der Waals surface area contributed by atoms with Crippen molar-refractivity contribution >= 4 is 0 Å². The minimum absolute atomic E-state index is 0.300. The van der Waals surface area contributed by atoms with Crippen molar-refractivity contribution in [1.82, 2.24) is 10.4 Å². The Morgan fingerprint density at radius 2 is 2.22 bits per heavy atom. The zero-order valence-electron chi connectivity index (χ0n) is 11.1. The van der Waals surface area contributed by atoms with Crippen LogP contribution >= 0.6 is 0 Å². The van der Waals surface area contributed by atoms with Crippen LogP contribution in [0.4, 0.5) is 0 Å². The number of nitrogens with two attached hydrogens (primary N) is 1. The molecule has 1 fully saturated rings. The molecule has 0 bridgehead atoms. The lowest BCUT2D eigenvalue weighted by Crippen LogP contribution is -2.44. The van der Waals surface area contributed by atoms with Gasteiger partial charge in [-0.15, -0.1) is 0 Å². The van der Waals surface area contributed by atoms with Crippen LogP contribution in [-0.2, 0) is 17.6 Å². The predicted molar refractivity (Wildman–Crippen MR) is 72.0 cm³/mol. The van der Waals surface area contributed by atoms with Gasteiger partial charge in [0.2, 0.25) is 0 Å². The summed E-state index contributed by atoms with van der Waals surface area (Å²) < 4.78 is 5.39. The number of pyridine rings is 1. The van der Waals surface area contributed by atoms with Gasteiger partial charge in [-0.05, 0) is 36.8 Å². The lowest BCUT2D eigenvalue weighted by Gasteiger charge is -2.29. The van der Waals surface area contributed by atoms with Crippen LogP contribution in [0.2, 0.25) is 0 Å². The van der Waals surface area contributed by atoms with Gasteiger partial charge in [0.05, 0.1) is 0 Å². The van der Waals surface area contributed by atoms with E-state index in [1.807, 2.05) is 6.20 Å². The van der Waals surface area contributed by atoms with E-state index in [4.69, 9.17) is 10.6 Å². The molecule has 1 aromatic heterocycles. The molecule has 1 unspecified atom stereocenters. The van der Waals surface area contributed by atoms with Gasteiger partial charge in [-0.1, -0.05) is 13.0 Å². The standard InChI is InChI=1S/C14H23N3O/c1-2-11-3-4-13(16-10-11)9-14(17-15)12-5-7-18-8-6-12/h3-4,10,12,14,17H,2,5-9,15H2,1H3. The number of nitrogens with zero attached hydrogens (tertiary/aromatic N) is 1. The van der Waals surface area contributed by atoms with Gasteiger partial charge in [0.1, 0.15) is 0 Å². The number of rotatable bonds is 5. The molecule has 4 heteroatoms. The first-order valence-corrected chi connectivity index (χ1v) is 6.81. The molecule has 0 spiro atoms. The molecule has 18 heavy (non-hydrogen) atoms. The fourth-order valence-corrected chi connectivity index (χ4v) is 2.49. The molecule has 1 aliphatic rings. The lowest BCUT2D eigenvalue weighted by molar-refractivity contribution is 0.0536. The summed E-state index contributed by atoms with van der Waals surface area (Å²) in [4.78, 5) is 4.51. The monoisotopic (exact) mass is 249 g/mol. The highest BCUT2D eigenvalue weighted by Gasteiger charge is 2.23. The van der Waals surface area contributed by atoms with Crippen molar-refractivity contribution in [2.24, 2.45) is 11.8 Å². The highest BCUT2D eigenvalue weighted by atomic mass is 16.5. The maximum Gasteiger partial charge on any atom is 0.0469 e. The quantitative estimate of drug-likeness (QED) is 0.612. The zero-order valence-corrected chi connectivity index (χ0v) is 11.1. The van der Waals surface area contributed by atoms with Gasteiger partial charge in [-0.2, -0.15) is 0 Å². The van der Waals surface area contributed by atoms with Gasteiger partial charge < -0.3 is 4.74 Å². The van der Waals surface area contributed by atoms with Gasteiger partial charge in [-0.25, -0.2) is 0 Å². The Bertz CT molecular complexity index is 347. The Morgan fingerprint density at radius 3 is 2.78 bits per heavy atom. The van der Waals surface area contributed by atoms with Crippen molar-refractivity contribution in [3.05, 3.63) is 29.6 Å². The first kappa shape index (κ1) is 13.5. The van der Waals surface area contributed by atoms with Crippen molar-refractivity contribution in [2.75, 3.05) is 13.2 Å². The van der Waals surface area contributed by atoms with Crippen LogP contribution < -0.4 is 11.3 Å². The molecule has 1 saturated heterocycles. The van der Waals surface area contributed by atoms with Gasteiger partial charge in [-0.3, -0.25) is 16.3 Å². The molecule has 0 amide bonds. The summed E-state index contributed by atoms with van der Waals surface area (Å²) in [5, 5.41) is 0. The number of hydrogen-bond acceptors (Lipinski definition) is 4. The first-order valence-electron chi connectivity index (χ1n) is 6.81. The van der Waals surface area contributed by atoms with E-state index in [0.717, 1.165) is 44.6 Å². The molecule has 100 valence electrons. The summed E-state index contributed by atoms with van der Waals surface area (Å²) in [7, 11) is 0. The van der Waals surface area contributed by atoms with Gasteiger partial charge in [0, 0.05) is 37.6 Å². The SMILES string of the molecule is CCc1ccc(CC(NN)C2CCOCC2)nc1. The molecule has 0 radical (unpaired) electrons. The molecule has 2 rings (SSSR count). The third kappa shape index (κ3) is 3.51. The van der Waals surface area contributed by atoms with Crippen molar-refractivity contribution in [1.29, 1.82) is 0 Å². The van der Waals surface area contributed by atoms with Crippen LogP contribution in [0.5, 0.6) is 0 Å². The van der Waals surface area contributed by atoms with E-state index < -0.39 is 0 Å². The second-order valence-corrected chi connectivity index (χ2v) is 4.94. The van der Waals surface area contributed by atoms with Crippen molar-refractivity contribution in [3.63, 3.8) is 0 Å². The Morgan fingerprint density at radius 1 is 1.44 bits per heavy atom. The second kappa shape index (κ2) is 6.83. The van der Waals surface area contributed by atoms with E-state index >= 15 is 0 Å². The topological polar surface area (TPSA) is 60.2 Å². The predicted octanol–water partition coefficient (Wildman–Crippen LogP) is 1.44. The van der Waals surface area contributed by atoms with E-state index in [2.05, 4.69) is 29.5 Å². The molecule has 1 atom stereocenters. The largest absolute Gasteiger partial charge is 0.381 e.